The van der Waals surface area contributed by atoms with E-state index < -0.39 is 18.2 Å². The van der Waals surface area contributed by atoms with Crippen molar-refractivity contribution in [2.24, 2.45) is 11.8 Å². The van der Waals surface area contributed by atoms with Crippen LogP contribution in [0.5, 0.6) is 11.5 Å². The molecule has 4 aliphatic rings. The lowest BCUT2D eigenvalue weighted by atomic mass is 9.86. The Morgan fingerprint density at radius 1 is 1.00 bits per heavy atom. The number of benzene rings is 2. The Labute approximate surface area is 307 Å². The summed E-state index contributed by atoms with van der Waals surface area (Å²) in [6.07, 6.45) is 9.91. The Hall–Kier alpha value is -4.38. The van der Waals surface area contributed by atoms with Crippen molar-refractivity contribution in [3.05, 3.63) is 112 Å². The van der Waals surface area contributed by atoms with Gasteiger partial charge in [0.1, 0.15) is 22.3 Å². The molecular formula is C39H41Cl2N4O6+. The number of carbonyl (C=O) groups is 2. The third-order valence-electron chi connectivity index (χ3n) is 9.92. The maximum absolute atomic E-state index is 13.7. The minimum atomic E-state index is -0.744. The van der Waals surface area contributed by atoms with Crippen LogP contribution in [0.25, 0.3) is 0 Å². The first kappa shape index (κ1) is 35.0. The summed E-state index contributed by atoms with van der Waals surface area (Å²) in [4.78, 5) is 38.4. The smallest absolute Gasteiger partial charge is 0.414 e. The molecule has 8 rings (SSSR count). The van der Waals surface area contributed by atoms with Crippen molar-refractivity contribution in [2.75, 3.05) is 38.3 Å². The highest BCUT2D eigenvalue weighted by atomic mass is 35.5. The number of esters is 1. The summed E-state index contributed by atoms with van der Waals surface area (Å²) >= 11 is 13.1. The van der Waals surface area contributed by atoms with E-state index >= 15 is 0 Å². The summed E-state index contributed by atoms with van der Waals surface area (Å²) in [7, 11) is 1.59. The third-order valence-corrected chi connectivity index (χ3v) is 10.6. The number of H-pyrrole nitrogens is 1. The number of nitrogens with zero attached hydrogens (tertiary/aromatic N) is 3. The van der Waals surface area contributed by atoms with Gasteiger partial charge in [-0.1, -0.05) is 41.4 Å². The largest absolute Gasteiger partial charge is 0.493 e. The average Bonchev–Trinajstić information content (AvgIpc) is 4.00. The van der Waals surface area contributed by atoms with Gasteiger partial charge in [-0.2, -0.15) is 0 Å². The van der Waals surface area contributed by atoms with E-state index in [9.17, 15) is 9.59 Å². The van der Waals surface area contributed by atoms with E-state index in [1.807, 2.05) is 36.4 Å². The van der Waals surface area contributed by atoms with Gasteiger partial charge in [-0.3, -0.25) is 14.8 Å². The molecular weight excluding hydrogens is 691 g/mol. The second kappa shape index (κ2) is 15.9. The first-order chi connectivity index (χ1) is 24.8. The zero-order chi connectivity index (χ0) is 35.3. The van der Waals surface area contributed by atoms with Crippen molar-refractivity contribution in [3.63, 3.8) is 0 Å². The molecule has 266 valence electrons. The van der Waals surface area contributed by atoms with Crippen LogP contribution in [0.2, 0.25) is 10.0 Å². The van der Waals surface area contributed by atoms with Crippen LogP contribution < -0.4 is 19.4 Å². The summed E-state index contributed by atoms with van der Waals surface area (Å²) in [6, 6.07) is 16.2. The molecule has 3 aliphatic heterocycles. The van der Waals surface area contributed by atoms with Crippen LogP contribution >= 0.6 is 23.2 Å². The van der Waals surface area contributed by atoms with Gasteiger partial charge in [-0.15, -0.1) is 0 Å². The normalized spacial score (nSPS) is 19.9. The highest BCUT2D eigenvalue weighted by molar-refractivity contribution is 6.35. The predicted molar refractivity (Wildman–Crippen MR) is 192 cm³/mol. The molecule has 4 fully saturated rings. The Morgan fingerprint density at radius 2 is 1.76 bits per heavy atom. The summed E-state index contributed by atoms with van der Waals surface area (Å²) in [5, 5.41) is 0.855. The number of rotatable bonds is 13. The number of amides is 1. The van der Waals surface area contributed by atoms with E-state index in [-0.39, 0.29) is 19.1 Å². The van der Waals surface area contributed by atoms with Gasteiger partial charge in [-0.25, -0.2) is 14.6 Å². The number of carbonyl (C=O) groups excluding carboxylic acids is 2. The number of fused-ring (bicyclic) bond motifs is 3. The highest BCUT2D eigenvalue weighted by Crippen LogP contribution is 2.37. The van der Waals surface area contributed by atoms with Crippen LogP contribution in [0.1, 0.15) is 58.8 Å². The lowest BCUT2D eigenvalue weighted by Gasteiger charge is -2.44. The predicted octanol–water partition coefficient (Wildman–Crippen LogP) is 7.38. The highest BCUT2D eigenvalue weighted by Gasteiger charge is 2.37. The minimum absolute atomic E-state index is 0.130. The second-order valence-electron chi connectivity index (χ2n) is 13.4. The molecule has 51 heavy (non-hydrogen) atoms. The molecule has 2 aromatic carbocycles. The van der Waals surface area contributed by atoms with Gasteiger partial charge < -0.3 is 18.9 Å². The Morgan fingerprint density at radius 3 is 2.41 bits per heavy atom. The molecule has 1 unspecified atom stereocenters. The van der Waals surface area contributed by atoms with Crippen LogP contribution in [0.4, 0.5) is 10.5 Å². The van der Waals surface area contributed by atoms with Crippen molar-refractivity contribution in [3.8, 4) is 11.5 Å². The van der Waals surface area contributed by atoms with Crippen molar-refractivity contribution >= 4 is 41.0 Å². The molecule has 1 amide bonds. The van der Waals surface area contributed by atoms with Gasteiger partial charge in [0.05, 0.1) is 37.7 Å². The molecule has 10 nitrogen and oxygen atoms in total. The molecule has 2 atom stereocenters. The monoisotopic (exact) mass is 731 g/mol. The molecule has 3 saturated heterocycles. The maximum atomic E-state index is 13.7. The van der Waals surface area contributed by atoms with Gasteiger partial charge in [0.25, 0.3) is 0 Å². The van der Waals surface area contributed by atoms with Gasteiger partial charge in [-0.05, 0) is 98.1 Å². The molecule has 12 heteroatoms. The number of pyridine rings is 2. The number of nitrogens with one attached hydrogen (secondary N) is 1. The van der Waals surface area contributed by atoms with Crippen LogP contribution in [0.15, 0.2) is 79.4 Å². The molecule has 2 bridgehead atoms. The van der Waals surface area contributed by atoms with Crippen molar-refractivity contribution in [2.45, 2.75) is 50.9 Å². The van der Waals surface area contributed by atoms with Gasteiger partial charge in [0.15, 0.2) is 23.9 Å². The fourth-order valence-electron chi connectivity index (χ4n) is 6.72. The quantitative estimate of drug-likeness (QED) is 0.131. The fourth-order valence-corrected chi connectivity index (χ4v) is 7.25. The van der Waals surface area contributed by atoms with Crippen molar-refractivity contribution in [1.29, 1.82) is 0 Å². The molecule has 5 heterocycles. The maximum Gasteiger partial charge on any atom is 0.414 e. The Kier molecular flexibility index (Phi) is 10.9. The SMILES string of the molecule is COc1ccc(C(Cc2c(Cl)c[nH+]cc2Cl)OC(=O)c2ccc(CN(C(=O)O[C@H]3CN4CCC3CC4)c3cccnc3)cc2)cc1OCC1CC1. The topological polar surface area (TPSA) is 105 Å². The number of hydrogen-bond acceptors (Lipinski definition) is 8. The third kappa shape index (κ3) is 8.57. The van der Waals surface area contributed by atoms with E-state index in [2.05, 4.69) is 14.9 Å². The van der Waals surface area contributed by atoms with E-state index in [0.29, 0.717) is 62.4 Å². The van der Waals surface area contributed by atoms with Crippen LogP contribution in [0, 0.1) is 11.8 Å². The van der Waals surface area contributed by atoms with Gasteiger partial charge in [0.2, 0.25) is 0 Å². The molecule has 0 radical (unpaired) electrons. The number of ether oxygens (including phenoxy) is 4. The molecule has 1 aliphatic carbocycles. The van der Waals surface area contributed by atoms with Crippen LogP contribution in [-0.2, 0) is 22.4 Å². The molecule has 0 spiro atoms. The molecule has 1 saturated carbocycles. The summed E-state index contributed by atoms with van der Waals surface area (Å²) in [5.41, 5.74) is 3.14. The number of methoxy groups -OCH3 is 1. The van der Waals surface area contributed by atoms with Gasteiger partial charge >= 0.3 is 12.1 Å². The number of halogens is 2. The van der Waals surface area contributed by atoms with Gasteiger partial charge in [0, 0.05) is 24.7 Å². The first-order valence-corrected chi connectivity index (χ1v) is 18.2. The van der Waals surface area contributed by atoms with E-state index in [1.165, 1.54) is 0 Å². The molecule has 1 N–H and O–H groups in total. The number of aromatic nitrogens is 2. The lowest BCUT2D eigenvalue weighted by molar-refractivity contribution is -0.377. The summed E-state index contributed by atoms with van der Waals surface area (Å²) < 4.78 is 23.9. The Bertz CT molecular complexity index is 1810. The number of anilines is 1. The lowest BCUT2D eigenvalue weighted by Crippen LogP contribution is -2.53. The number of piperidine rings is 3. The fraction of sp³-hybridized carbons (Fsp3) is 0.385. The number of aromatic amines is 1. The van der Waals surface area contributed by atoms with E-state index in [4.69, 9.17) is 42.1 Å². The average molecular weight is 733 g/mol. The van der Waals surface area contributed by atoms with E-state index in [1.54, 1.807) is 55.0 Å². The standard InChI is InChI=1S/C39H40Cl2N4O6/c1-48-34-11-10-29(17-36(34)49-24-26-4-5-26)35(18-31-32(40)20-43-21-33(31)41)50-38(46)28-8-6-25(7-9-28)22-45(30-3-2-14-42-19-30)39(47)51-37-23-44-15-12-27(37)13-16-44/h2-3,6-11,14,17,19-21,26-27,35,37H,4-5,12-13,15-16,18,22-24H2,1H3/p+1/t35?,37-/m0/s1. The number of hydrogen-bond donors (Lipinski definition) is 0. The second-order valence-corrected chi connectivity index (χ2v) is 14.3. The van der Waals surface area contributed by atoms with Crippen LogP contribution in [0.3, 0.4) is 0 Å². The zero-order valence-electron chi connectivity index (χ0n) is 28.4. The first-order valence-electron chi connectivity index (χ1n) is 17.4. The van der Waals surface area contributed by atoms with Crippen LogP contribution in [-0.4, -0.2) is 61.4 Å². The van der Waals surface area contributed by atoms with E-state index in [0.717, 1.165) is 50.9 Å². The summed E-state index contributed by atoms with van der Waals surface area (Å²) in [6.45, 7) is 3.72. The summed E-state index contributed by atoms with van der Waals surface area (Å²) in [5.74, 6) is 1.58. The Balaban J connectivity index is 1.09. The van der Waals surface area contributed by atoms with Crippen molar-refractivity contribution in [1.82, 2.24) is 9.88 Å². The zero-order valence-corrected chi connectivity index (χ0v) is 29.9. The molecule has 2 aromatic heterocycles. The van der Waals surface area contributed by atoms with Crippen molar-refractivity contribution < 1.29 is 33.5 Å². The minimum Gasteiger partial charge on any atom is -0.493 e. The molecule has 4 aromatic rings.